The number of carboxylic acid groups (broad SMARTS) is 3. The number of nitrogens with two attached hydrogens (primary N) is 2. The topological polar surface area (TPSA) is 404 Å². The maximum atomic E-state index is 14.7. The van der Waals surface area contributed by atoms with E-state index in [1.807, 2.05) is 23.5 Å². The van der Waals surface area contributed by atoms with E-state index in [9.17, 15) is 63.3 Å². The van der Waals surface area contributed by atoms with E-state index >= 15 is 0 Å². The Morgan fingerprint density at radius 2 is 1.11 bits per heavy atom. The molecule has 4 rings (SSSR count). The highest BCUT2D eigenvalue weighted by Crippen LogP contribution is 2.20. The second kappa shape index (κ2) is 29.8. The number of phenols is 1. The molecule has 0 aliphatic heterocycles. The van der Waals surface area contributed by atoms with Gasteiger partial charge in [0.2, 0.25) is 35.4 Å². The van der Waals surface area contributed by atoms with Crippen LogP contribution >= 0.6 is 22.6 Å². The molecule has 0 radical (unpaired) electrons. The van der Waals surface area contributed by atoms with E-state index in [1.165, 1.54) is 24.3 Å². The monoisotopic (exact) mass is 1140 g/mol. The zero-order valence-corrected chi connectivity index (χ0v) is 42.2. The van der Waals surface area contributed by atoms with E-state index in [0.717, 1.165) is 14.5 Å². The van der Waals surface area contributed by atoms with Crippen molar-refractivity contribution in [2.24, 2.45) is 11.5 Å². The van der Waals surface area contributed by atoms with E-state index in [-0.39, 0.29) is 44.4 Å². The minimum atomic E-state index is -1.86. The number of benzene rings is 3. The third kappa shape index (κ3) is 19.4. The molecule has 0 unspecified atom stereocenters. The Morgan fingerprint density at radius 1 is 0.568 bits per heavy atom. The van der Waals surface area contributed by atoms with Crippen LogP contribution in [0, 0.1) is 3.57 Å². The molecule has 0 saturated heterocycles. The fraction of sp³-hybridized carbons (Fsp3) is 0.388. The van der Waals surface area contributed by atoms with Gasteiger partial charge < -0.3 is 74.1 Å². The number of hydrogen-bond donors (Lipinski definition) is 14. The molecule has 0 aliphatic rings. The molecular weight excluding hydrogens is 1080 g/mol. The Morgan fingerprint density at radius 3 is 1.69 bits per heavy atom. The average molecular weight is 1140 g/mol. The summed E-state index contributed by atoms with van der Waals surface area (Å²) in [7, 11) is 0. The van der Waals surface area contributed by atoms with E-state index in [4.69, 9.17) is 16.6 Å². The first-order chi connectivity index (χ1) is 35.3. The standard InChI is InChI=1S/C49H61IN10O14/c50-30-9-7-8-28(21-30)43(67)56-34(12-3-5-18-51)45(69)59-37(22-29-25-53-33-11-2-1-10-32(29)33)48(72)58-36(20-27-14-16-31(61)17-15-27)47(71)57-35(13-4-6-19-52)46(70)60-38(23-41(63)64)44(68)54-26-40(62)55-39(49(73)74)24-42(65)66/h1-2,7-11,14-17,21,25,34-39,53,61H,3-6,12-13,18-20,22-24,26,51-52H2,(H,54,68)(H,55,62)(H,56,67)(H,57,71)(H,58,72)(H,59,69)(H,60,70)(H,63,64)(H,65,66)(H,73,74)/t34-,35-,36-,37-,38-,39-/m0/s1/i50-4. The van der Waals surface area contributed by atoms with Crippen LogP contribution in [0.1, 0.15) is 72.9 Å². The summed E-state index contributed by atoms with van der Waals surface area (Å²) in [4.78, 5) is 134. The molecule has 7 amide bonds. The summed E-state index contributed by atoms with van der Waals surface area (Å²) in [5.41, 5.74) is 13.6. The number of carbonyl (C=O) groups is 10. The van der Waals surface area contributed by atoms with Crippen LogP contribution in [-0.2, 0) is 56.0 Å². The Balaban J connectivity index is 1.64. The maximum Gasteiger partial charge on any atom is 0.326 e. The molecule has 1 heterocycles. The highest BCUT2D eigenvalue weighted by molar-refractivity contribution is 14.1. The third-order valence-corrected chi connectivity index (χ3v) is 12.1. The fourth-order valence-corrected chi connectivity index (χ4v) is 8.13. The number of fused-ring (bicyclic) bond motifs is 1. The molecule has 0 spiro atoms. The number of aromatic hydroxyl groups is 1. The van der Waals surface area contributed by atoms with E-state index in [0.29, 0.717) is 42.5 Å². The number of carboxylic acids is 3. The molecule has 0 fully saturated rings. The predicted octanol–water partition coefficient (Wildman–Crippen LogP) is -0.106. The van der Waals surface area contributed by atoms with Gasteiger partial charge in [0.05, 0.1) is 19.4 Å². The van der Waals surface area contributed by atoms with Crippen LogP contribution in [0.2, 0.25) is 0 Å². The van der Waals surface area contributed by atoms with Gasteiger partial charge in [-0.1, -0.05) is 36.4 Å². The molecule has 1 aromatic heterocycles. The molecule has 6 atom stereocenters. The number of nitrogens with one attached hydrogen (secondary N) is 8. The Hall–Kier alpha value is -7.65. The number of rotatable bonds is 31. The Bertz CT molecular complexity index is 2630. The molecule has 16 N–H and O–H groups in total. The van der Waals surface area contributed by atoms with Gasteiger partial charge in [0, 0.05) is 39.1 Å². The van der Waals surface area contributed by atoms with Gasteiger partial charge in [0.25, 0.3) is 5.91 Å². The lowest BCUT2D eigenvalue weighted by atomic mass is 10.0. The van der Waals surface area contributed by atoms with Gasteiger partial charge in [0.1, 0.15) is 42.0 Å². The van der Waals surface area contributed by atoms with E-state index in [2.05, 4.69) is 59.5 Å². The number of halogens is 1. The zero-order valence-electron chi connectivity index (χ0n) is 40.1. The molecule has 398 valence electrons. The molecule has 0 saturated carbocycles. The number of hydrogen-bond acceptors (Lipinski definition) is 13. The smallest absolute Gasteiger partial charge is 0.326 e. The normalized spacial score (nSPS) is 13.4. The molecule has 0 bridgehead atoms. The van der Waals surface area contributed by atoms with Crippen molar-refractivity contribution in [1.82, 2.24) is 42.2 Å². The lowest BCUT2D eigenvalue weighted by molar-refractivity contribution is -0.147. The van der Waals surface area contributed by atoms with Crippen molar-refractivity contribution >= 4 is 92.8 Å². The number of amides is 7. The van der Waals surface area contributed by atoms with E-state index < -0.39 is 115 Å². The number of aromatic amines is 1. The summed E-state index contributed by atoms with van der Waals surface area (Å²) in [6.45, 7) is -0.447. The number of aliphatic carboxylic acids is 3. The Kier molecular flexibility index (Phi) is 23.7. The van der Waals surface area contributed by atoms with Crippen molar-refractivity contribution in [2.45, 2.75) is 100 Å². The molecule has 74 heavy (non-hydrogen) atoms. The quantitative estimate of drug-likeness (QED) is 0.0231. The second-order valence-corrected chi connectivity index (χ2v) is 18.4. The van der Waals surface area contributed by atoms with Crippen molar-refractivity contribution in [2.75, 3.05) is 19.6 Å². The number of aromatic nitrogens is 1. The van der Waals surface area contributed by atoms with Crippen molar-refractivity contribution in [3.05, 3.63) is 99.3 Å². The minimum Gasteiger partial charge on any atom is -0.508 e. The first-order valence-corrected chi connectivity index (χ1v) is 24.6. The predicted molar refractivity (Wildman–Crippen MR) is 275 cm³/mol. The number of phenolic OH excluding ortho intramolecular Hbond substituents is 1. The highest BCUT2D eigenvalue weighted by Gasteiger charge is 2.34. The Labute approximate surface area is 438 Å². The van der Waals surface area contributed by atoms with Gasteiger partial charge in [-0.15, -0.1) is 0 Å². The number of carbonyl (C=O) groups excluding carboxylic acids is 7. The van der Waals surface area contributed by atoms with Gasteiger partial charge in [-0.05, 0) is 122 Å². The number of unbranched alkanes of at least 4 members (excludes halogenated alkanes) is 2. The first kappa shape index (κ1) is 58.9. The summed E-state index contributed by atoms with van der Waals surface area (Å²) >= 11 is 2.06. The van der Waals surface area contributed by atoms with Crippen LogP contribution in [-0.4, -0.2) is 141 Å². The molecule has 25 heteroatoms. The number of para-hydroxylation sites is 1. The lowest BCUT2D eigenvalue weighted by Crippen LogP contribution is -2.60. The number of H-pyrrole nitrogens is 1. The summed E-state index contributed by atoms with van der Waals surface area (Å²) in [6, 6.07) is 10.4. The molecule has 3 aromatic carbocycles. The zero-order chi connectivity index (χ0) is 54.3. The van der Waals surface area contributed by atoms with Crippen LogP contribution in [0.15, 0.2) is 79.0 Å². The molecule has 0 aliphatic carbocycles. The molecular formula is C49H61IN10O14. The SMILES string of the molecule is NCCCC[C@H](NC(=O)c1cccc([123I])c1)C(=O)N[C@@H](Cc1c[nH]c2ccccc12)C(=O)N[C@@H](Cc1ccc(O)cc1)C(=O)N[C@@H](CCCCN)C(=O)N[C@@H](CC(=O)O)C(=O)NCC(=O)N[C@@H](CC(=O)O)C(=O)O. The summed E-state index contributed by atoms with van der Waals surface area (Å²) in [5.74, 6) is -11.3. The van der Waals surface area contributed by atoms with Crippen LogP contribution in [0.5, 0.6) is 5.75 Å². The van der Waals surface area contributed by atoms with Gasteiger partial charge >= 0.3 is 17.9 Å². The van der Waals surface area contributed by atoms with Crippen molar-refractivity contribution in [3.8, 4) is 5.75 Å². The summed E-state index contributed by atoms with van der Waals surface area (Å²) < 4.78 is 0.782. The highest BCUT2D eigenvalue weighted by atomic mass is 123. The second-order valence-electron chi connectivity index (χ2n) is 17.2. The third-order valence-electron chi connectivity index (χ3n) is 11.4. The van der Waals surface area contributed by atoms with Gasteiger partial charge in [-0.2, -0.15) is 0 Å². The van der Waals surface area contributed by atoms with Crippen molar-refractivity contribution < 1.29 is 68.4 Å². The van der Waals surface area contributed by atoms with Crippen LogP contribution < -0.4 is 48.7 Å². The van der Waals surface area contributed by atoms with Gasteiger partial charge in [-0.3, -0.25) is 43.2 Å². The summed E-state index contributed by atoms with van der Waals surface area (Å²) in [6.07, 6.45) is 0.909. The largest absolute Gasteiger partial charge is 0.508 e. The molecule has 24 nitrogen and oxygen atoms in total. The van der Waals surface area contributed by atoms with Crippen LogP contribution in [0.25, 0.3) is 10.9 Å². The minimum absolute atomic E-state index is 0.102. The maximum absolute atomic E-state index is 14.7. The average Bonchev–Trinajstić information content (AvgIpc) is 3.76. The van der Waals surface area contributed by atoms with Crippen LogP contribution in [0.3, 0.4) is 0 Å². The molecule has 4 aromatic rings. The van der Waals surface area contributed by atoms with E-state index in [1.54, 1.807) is 36.5 Å². The fourth-order valence-electron chi connectivity index (χ4n) is 7.59. The lowest BCUT2D eigenvalue weighted by Gasteiger charge is -2.27. The van der Waals surface area contributed by atoms with Crippen molar-refractivity contribution in [1.29, 1.82) is 0 Å². The van der Waals surface area contributed by atoms with Crippen molar-refractivity contribution in [3.63, 3.8) is 0 Å². The first-order valence-electron chi connectivity index (χ1n) is 23.5. The van der Waals surface area contributed by atoms with Gasteiger partial charge in [0.15, 0.2) is 0 Å². The van der Waals surface area contributed by atoms with Gasteiger partial charge in [-0.25, -0.2) is 4.79 Å². The summed E-state index contributed by atoms with van der Waals surface area (Å²) in [5, 5.41) is 55.8. The van der Waals surface area contributed by atoms with Crippen LogP contribution in [0.4, 0.5) is 0 Å².